The van der Waals surface area contributed by atoms with Gasteiger partial charge < -0.3 is 19.2 Å². The van der Waals surface area contributed by atoms with Crippen molar-refractivity contribution in [2.75, 3.05) is 27.2 Å². The van der Waals surface area contributed by atoms with Gasteiger partial charge in [0.2, 0.25) is 5.88 Å². The maximum Gasteiger partial charge on any atom is 0.242 e. The van der Waals surface area contributed by atoms with Gasteiger partial charge in [-0.3, -0.25) is 0 Å². The quantitative estimate of drug-likeness (QED) is 0.881. The molecule has 0 aliphatic carbocycles. The SMILES string of the molecule is COc1ncnc2c1[nH]c(=S)n2CC1(C)CCN(C)CC1. The van der Waals surface area contributed by atoms with Gasteiger partial charge in [-0.1, -0.05) is 6.92 Å². The number of hydrogen-bond acceptors (Lipinski definition) is 5. The Balaban J connectivity index is 1.98. The lowest BCUT2D eigenvalue weighted by atomic mass is 9.80. The Labute approximate surface area is 129 Å². The highest BCUT2D eigenvalue weighted by Crippen LogP contribution is 2.33. The normalized spacial score (nSPS) is 19.0. The van der Waals surface area contributed by atoms with Crippen molar-refractivity contribution in [1.29, 1.82) is 0 Å². The number of H-pyrrole nitrogens is 1. The predicted octanol–water partition coefficient (Wildman–Crippen LogP) is 2.23. The molecule has 6 nitrogen and oxygen atoms in total. The molecule has 114 valence electrons. The Kier molecular flexibility index (Phi) is 3.71. The summed E-state index contributed by atoms with van der Waals surface area (Å²) in [4.78, 5) is 14.1. The third-order valence-corrected chi connectivity index (χ3v) is 4.78. The number of piperidine rings is 1. The average Bonchev–Trinajstić information content (AvgIpc) is 2.79. The first-order valence-corrected chi connectivity index (χ1v) is 7.59. The molecule has 0 saturated carbocycles. The van der Waals surface area contributed by atoms with Gasteiger partial charge in [0.1, 0.15) is 11.8 Å². The summed E-state index contributed by atoms with van der Waals surface area (Å²) in [6.45, 7) is 5.47. The summed E-state index contributed by atoms with van der Waals surface area (Å²) < 4.78 is 8.04. The summed E-state index contributed by atoms with van der Waals surface area (Å²) in [5.74, 6) is 0.540. The summed E-state index contributed by atoms with van der Waals surface area (Å²) in [6, 6.07) is 0. The minimum atomic E-state index is 0.248. The molecule has 0 aromatic carbocycles. The number of aromatic amines is 1. The van der Waals surface area contributed by atoms with Gasteiger partial charge >= 0.3 is 0 Å². The number of likely N-dealkylation sites (tertiary alicyclic amines) is 1. The minimum absolute atomic E-state index is 0.248. The van der Waals surface area contributed by atoms with Crippen LogP contribution in [0.3, 0.4) is 0 Å². The molecule has 7 heteroatoms. The number of aromatic nitrogens is 4. The van der Waals surface area contributed by atoms with Gasteiger partial charge in [-0.25, -0.2) is 4.98 Å². The van der Waals surface area contributed by atoms with Crippen molar-refractivity contribution in [3.8, 4) is 5.88 Å². The van der Waals surface area contributed by atoms with E-state index < -0.39 is 0 Å². The monoisotopic (exact) mass is 307 g/mol. The molecule has 0 unspecified atom stereocenters. The molecule has 0 spiro atoms. The molecule has 0 atom stereocenters. The van der Waals surface area contributed by atoms with Crippen LogP contribution >= 0.6 is 12.2 Å². The van der Waals surface area contributed by atoms with Gasteiger partial charge in [-0.15, -0.1) is 0 Å². The lowest BCUT2D eigenvalue weighted by Gasteiger charge is -2.38. The minimum Gasteiger partial charge on any atom is -0.479 e. The highest BCUT2D eigenvalue weighted by atomic mass is 32.1. The van der Waals surface area contributed by atoms with E-state index in [2.05, 4.69) is 38.4 Å². The predicted molar refractivity (Wildman–Crippen MR) is 84.1 cm³/mol. The molecule has 0 bridgehead atoms. The lowest BCUT2D eigenvalue weighted by molar-refractivity contribution is 0.121. The third kappa shape index (κ3) is 2.67. The van der Waals surface area contributed by atoms with Crippen LogP contribution in [0.1, 0.15) is 19.8 Å². The fourth-order valence-corrected chi connectivity index (χ4v) is 3.20. The zero-order valence-corrected chi connectivity index (χ0v) is 13.5. The molecule has 0 radical (unpaired) electrons. The van der Waals surface area contributed by atoms with Gasteiger partial charge in [-0.05, 0) is 50.6 Å². The molecular formula is C14H21N5OS. The first-order valence-electron chi connectivity index (χ1n) is 7.18. The Morgan fingerprint density at radius 3 is 2.76 bits per heavy atom. The van der Waals surface area contributed by atoms with E-state index in [9.17, 15) is 0 Å². The van der Waals surface area contributed by atoms with Crippen LogP contribution in [0.4, 0.5) is 0 Å². The van der Waals surface area contributed by atoms with Crippen molar-refractivity contribution in [2.24, 2.45) is 5.41 Å². The van der Waals surface area contributed by atoms with Crippen LogP contribution in [0.2, 0.25) is 0 Å². The number of nitrogens with zero attached hydrogens (tertiary/aromatic N) is 4. The van der Waals surface area contributed by atoms with Crippen LogP contribution < -0.4 is 4.74 Å². The first-order chi connectivity index (χ1) is 10.0. The van der Waals surface area contributed by atoms with Crippen molar-refractivity contribution in [2.45, 2.75) is 26.3 Å². The second-order valence-corrected chi connectivity index (χ2v) is 6.60. The second-order valence-electron chi connectivity index (χ2n) is 6.21. The second kappa shape index (κ2) is 5.38. The summed E-state index contributed by atoms with van der Waals surface area (Å²) in [6.07, 6.45) is 3.86. The van der Waals surface area contributed by atoms with Crippen LogP contribution in [0.5, 0.6) is 5.88 Å². The highest BCUT2D eigenvalue weighted by Gasteiger charge is 2.30. The van der Waals surface area contributed by atoms with Crippen LogP contribution in [0, 0.1) is 10.2 Å². The Bertz CT molecular complexity index is 699. The van der Waals surface area contributed by atoms with E-state index in [1.807, 2.05) is 0 Å². The number of hydrogen-bond donors (Lipinski definition) is 1. The first kappa shape index (κ1) is 14.5. The topological polar surface area (TPSA) is 59.0 Å². The Hall–Kier alpha value is -1.47. The van der Waals surface area contributed by atoms with Gasteiger partial charge in [0.15, 0.2) is 10.4 Å². The van der Waals surface area contributed by atoms with Crippen LogP contribution in [-0.2, 0) is 6.54 Å². The van der Waals surface area contributed by atoms with Crippen molar-refractivity contribution in [3.05, 3.63) is 11.1 Å². The molecule has 1 N–H and O–H groups in total. The van der Waals surface area contributed by atoms with Crippen LogP contribution in [-0.4, -0.2) is 51.7 Å². The van der Waals surface area contributed by atoms with Crippen molar-refractivity contribution in [3.63, 3.8) is 0 Å². The van der Waals surface area contributed by atoms with Crippen molar-refractivity contribution < 1.29 is 4.74 Å². The molecule has 2 aromatic heterocycles. The maximum atomic E-state index is 5.48. The zero-order valence-electron chi connectivity index (χ0n) is 12.7. The molecule has 21 heavy (non-hydrogen) atoms. The van der Waals surface area contributed by atoms with Gasteiger partial charge in [0, 0.05) is 6.54 Å². The summed E-state index contributed by atoms with van der Waals surface area (Å²) in [5.41, 5.74) is 1.85. The van der Waals surface area contributed by atoms with Crippen molar-refractivity contribution in [1.82, 2.24) is 24.4 Å². The maximum absolute atomic E-state index is 5.48. The van der Waals surface area contributed by atoms with E-state index in [1.54, 1.807) is 7.11 Å². The zero-order chi connectivity index (χ0) is 15.0. The fraction of sp³-hybridized carbons (Fsp3) is 0.643. The fourth-order valence-electron chi connectivity index (χ4n) is 2.94. The molecule has 1 aliphatic heterocycles. The number of methoxy groups -OCH3 is 1. The van der Waals surface area contributed by atoms with E-state index in [0.29, 0.717) is 10.7 Å². The Morgan fingerprint density at radius 1 is 1.38 bits per heavy atom. The summed E-state index contributed by atoms with van der Waals surface area (Å²) >= 11 is 5.48. The number of ether oxygens (including phenoxy) is 1. The summed E-state index contributed by atoms with van der Waals surface area (Å²) in [7, 11) is 3.78. The molecule has 2 aromatic rings. The van der Waals surface area contributed by atoms with E-state index in [4.69, 9.17) is 17.0 Å². The molecule has 0 amide bonds. The van der Waals surface area contributed by atoms with Crippen LogP contribution in [0.25, 0.3) is 11.2 Å². The standard InChI is InChI=1S/C14H21N5OS/c1-14(4-6-18(2)7-5-14)8-19-11-10(17-13(19)21)12(20-3)16-9-15-11/h9H,4-8H2,1-3H3,(H,17,21). The molecule has 1 saturated heterocycles. The Morgan fingerprint density at radius 2 is 2.10 bits per heavy atom. The summed E-state index contributed by atoms with van der Waals surface area (Å²) in [5, 5.41) is 0. The molecular weight excluding hydrogens is 286 g/mol. The van der Waals surface area contributed by atoms with Gasteiger partial charge in [0.25, 0.3) is 0 Å². The van der Waals surface area contributed by atoms with E-state index in [-0.39, 0.29) is 5.41 Å². The van der Waals surface area contributed by atoms with Gasteiger partial charge in [0.05, 0.1) is 7.11 Å². The highest BCUT2D eigenvalue weighted by molar-refractivity contribution is 7.71. The van der Waals surface area contributed by atoms with E-state index in [0.717, 1.165) is 30.8 Å². The number of rotatable bonds is 3. The number of fused-ring (bicyclic) bond motifs is 1. The molecule has 3 rings (SSSR count). The number of imidazole rings is 1. The number of nitrogens with one attached hydrogen (secondary N) is 1. The van der Waals surface area contributed by atoms with Crippen molar-refractivity contribution >= 4 is 23.4 Å². The smallest absolute Gasteiger partial charge is 0.242 e. The molecule has 1 aliphatic rings. The van der Waals surface area contributed by atoms with Gasteiger partial charge in [-0.2, -0.15) is 4.98 Å². The van der Waals surface area contributed by atoms with Crippen LogP contribution in [0.15, 0.2) is 6.33 Å². The van der Waals surface area contributed by atoms with E-state index in [1.165, 1.54) is 19.2 Å². The molecule has 1 fully saturated rings. The lowest BCUT2D eigenvalue weighted by Crippen LogP contribution is -2.38. The largest absolute Gasteiger partial charge is 0.479 e. The average molecular weight is 307 g/mol. The van der Waals surface area contributed by atoms with E-state index >= 15 is 0 Å². The third-order valence-electron chi connectivity index (χ3n) is 4.45. The molecule has 3 heterocycles.